The monoisotopic (exact) mass is 1940 g/mol. The Morgan fingerprint density at radius 3 is 1.05 bits per heavy atom. The van der Waals surface area contributed by atoms with Crippen LogP contribution in [0, 0.1) is 74.5 Å². The standard InChI is InChI=1S/3C19H12NO.3C11H20O2.3Ir/c1-12-5-4-6-13(9-12)18-10-16-17(11-20-18)14-7-2-3-8-15(14)19(16)21;1-12-5-4-6-13(9-12)18-10-16-14-7-2-3-8-15(14)19(21)17(16)11-20-18;1-12-5-4-6-13(11-12)18-17-15(9-10-20-18)14-7-2-3-8-16(14)19(17)21;3*1-8(2)5-10(12)7-11(13)6-9(3)4;;;/h3*2-5,7-11H,1H3;3*7-9,12H,5-6H2,1-4H3;;;/q3*-1;;;;;;. The van der Waals surface area contributed by atoms with Crippen molar-refractivity contribution in [3.8, 4) is 67.2 Å². The molecule has 3 aliphatic rings. The number of pyridine rings is 3. The summed E-state index contributed by atoms with van der Waals surface area (Å²) in [6.07, 6.45) is 12.6. The Labute approximate surface area is 662 Å². The summed E-state index contributed by atoms with van der Waals surface area (Å²) < 4.78 is 0. The molecule has 3 aromatic heterocycles. The molecule has 0 spiro atoms. The second kappa shape index (κ2) is 42.5. The van der Waals surface area contributed by atoms with E-state index in [0.29, 0.717) is 85.2 Å². The van der Waals surface area contributed by atoms with Crippen LogP contribution < -0.4 is 0 Å². The number of rotatable bonds is 18. The number of hydrogen-bond donors (Lipinski definition) is 3. The molecule has 105 heavy (non-hydrogen) atoms. The average molecular weight is 1940 g/mol. The van der Waals surface area contributed by atoms with Crippen LogP contribution in [0.3, 0.4) is 0 Å². The number of fused-ring (bicyclic) bond motifs is 9. The van der Waals surface area contributed by atoms with E-state index in [1.54, 1.807) is 18.6 Å². The van der Waals surface area contributed by atoms with Crippen LogP contribution in [0.4, 0.5) is 0 Å². The summed E-state index contributed by atoms with van der Waals surface area (Å²) in [4.78, 5) is 84.6. The zero-order valence-corrected chi connectivity index (χ0v) is 69.8. The van der Waals surface area contributed by atoms with Crippen molar-refractivity contribution in [1.82, 2.24) is 15.0 Å². The number of hydrogen-bond acceptors (Lipinski definition) is 12. The van der Waals surface area contributed by atoms with Gasteiger partial charge in [-0.3, -0.25) is 28.8 Å². The Bertz CT molecular complexity index is 4490. The second-order valence-corrected chi connectivity index (χ2v) is 28.7. The van der Waals surface area contributed by atoms with Gasteiger partial charge >= 0.3 is 0 Å². The fourth-order valence-corrected chi connectivity index (χ4v) is 11.9. The molecular weight excluding hydrogens is 1840 g/mol. The zero-order chi connectivity index (χ0) is 74.5. The molecule has 0 bridgehead atoms. The van der Waals surface area contributed by atoms with Gasteiger partial charge in [0, 0.05) is 175 Å². The van der Waals surface area contributed by atoms with Crippen LogP contribution in [0.5, 0.6) is 0 Å². The first-order valence-corrected chi connectivity index (χ1v) is 35.1. The van der Waals surface area contributed by atoms with Crippen LogP contribution >= 0.6 is 0 Å². The fourth-order valence-electron chi connectivity index (χ4n) is 11.9. The summed E-state index contributed by atoms with van der Waals surface area (Å²) >= 11 is 0. The molecule has 0 atom stereocenters. The van der Waals surface area contributed by atoms with Crippen molar-refractivity contribution in [2.45, 2.75) is 142 Å². The Balaban J connectivity index is 0.000000270. The van der Waals surface area contributed by atoms with Crippen LogP contribution in [0.15, 0.2) is 200 Å². The van der Waals surface area contributed by atoms with Crippen LogP contribution in [-0.2, 0) is 74.7 Å². The summed E-state index contributed by atoms with van der Waals surface area (Å²) in [6, 6.07) is 56.2. The van der Waals surface area contributed by atoms with Gasteiger partial charge < -0.3 is 30.3 Å². The van der Waals surface area contributed by atoms with E-state index in [1.165, 1.54) is 23.8 Å². The molecular formula is C90H96Ir3N3O9-3. The molecule has 12 nitrogen and oxygen atoms in total. The summed E-state index contributed by atoms with van der Waals surface area (Å²) in [5.41, 5.74) is 18.8. The number of aromatic nitrogens is 3. The van der Waals surface area contributed by atoms with Gasteiger partial charge in [0.15, 0.2) is 34.7 Å². The minimum atomic E-state index is 0. The maximum Gasteiger partial charge on any atom is 0.195 e. The van der Waals surface area contributed by atoms with Crippen LogP contribution in [0.2, 0.25) is 0 Å². The molecule has 6 aromatic carbocycles. The van der Waals surface area contributed by atoms with Gasteiger partial charge in [-0.1, -0.05) is 189 Å². The Kier molecular flexibility index (Phi) is 35.9. The third-order valence-corrected chi connectivity index (χ3v) is 16.2. The number of benzene rings is 6. The van der Waals surface area contributed by atoms with Crippen molar-refractivity contribution in [2.75, 3.05) is 0 Å². The summed E-state index contributed by atoms with van der Waals surface area (Å²) in [6.45, 7) is 30.1. The summed E-state index contributed by atoms with van der Waals surface area (Å²) in [5.74, 6) is 3.14. The number of aliphatic hydroxyl groups excluding tert-OH is 3. The van der Waals surface area contributed by atoms with Crippen molar-refractivity contribution < 1.29 is 104 Å². The molecule has 0 aliphatic heterocycles. The van der Waals surface area contributed by atoms with E-state index < -0.39 is 0 Å². The van der Waals surface area contributed by atoms with Gasteiger partial charge in [-0.05, 0) is 86.5 Å². The number of carbonyl (C=O) groups excluding carboxylic acids is 6. The van der Waals surface area contributed by atoms with Gasteiger partial charge in [0.1, 0.15) is 0 Å². The molecule has 0 fully saturated rings. The second-order valence-electron chi connectivity index (χ2n) is 28.7. The van der Waals surface area contributed by atoms with Crippen molar-refractivity contribution in [1.29, 1.82) is 0 Å². The Morgan fingerprint density at radius 2 is 0.667 bits per heavy atom. The van der Waals surface area contributed by atoms with Gasteiger partial charge in [0.05, 0.1) is 17.3 Å². The normalized spacial score (nSPS) is 12.0. The van der Waals surface area contributed by atoms with Gasteiger partial charge in [-0.15, -0.1) is 106 Å². The van der Waals surface area contributed by atoms with E-state index in [9.17, 15) is 44.1 Å². The van der Waals surface area contributed by atoms with E-state index in [2.05, 4.69) is 39.2 Å². The molecule has 0 unspecified atom stereocenters. The summed E-state index contributed by atoms with van der Waals surface area (Å²) in [7, 11) is 0. The van der Waals surface area contributed by atoms with E-state index in [4.69, 9.17) is 0 Å². The third kappa shape index (κ3) is 26.1. The minimum absolute atomic E-state index is 0. The predicted molar refractivity (Wildman–Crippen MR) is 410 cm³/mol. The number of aryl methyl sites for hydroxylation is 3. The molecule has 0 saturated heterocycles. The molecule has 3 N–H and O–H groups in total. The van der Waals surface area contributed by atoms with Crippen molar-refractivity contribution in [3.63, 3.8) is 0 Å². The molecule has 3 radical (unpaired) electrons. The first kappa shape index (κ1) is 88.8. The van der Waals surface area contributed by atoms with E-state index in [-0.39, 0.29) is 112 Å². The molecule has 0 amide bonds. The molecule has 555 valence electrons. The Hall–Kier alpha value is -8.64. The number of ketones is 6. The first-order chi connectivity index (χ1) is 48.5. The SMILES string of the molecule is CC(C)CC(=O)C=C(O)CC(C)C.CC(C)CC(=O)C=C(O)CC(C)C.CC(C)CC(=O)C=C(O)CC(C)C.Cc1cc[c-]c(-c2cc3c(cn2)-c2ccccc2C3=O)c1.Cc1cc[c-]c(-c2cc3c(cn2)C(=O)c2ccccc2-3)c1.Cc1cc[c-]c(-c2nccc3c2C(=O)c2ccccc2-3)c1.[Ir].[Ir].[Ir]. The number of nitrogens with zero attached hydrogens (tertiary/aromatic N) is 3. The molecule has 12 rings (SSSR count). The van der Waals surface area contributed by atoms with Crippen LogP contribution in [0.25, 0.3) is 67.2 Å². The van der Waals surface area contributed by atoms with Crippen LogP contribution in [0.1, 0.15) is 186 Å². The number of aliphatic hydroxyl groups is 3. The van der Waals surface area contributed by atoms with Crippen molar-refractivity contribution in [2.24, 2.45) is 35.5 Å². The maximum atomic E-state index is 12.7. The van der Waals surface area contributed by atoms with E-state index >= 15 is 0 Å². The third-order valence-electron chi connectivity index (χ3n) is 16.2. The van der Waals surface area contributed by atoms with Gasteiger partial charge in [0.2, 0.25) is 0 Å². The van der Waals surface area contributed by atoms with E-state index in [0.717, 1.165) is 101 Å². The largest absolute Gasteiger partial charge is 0.512 e. The maximum absolute atomic E-state index is 12.7. The molecule has 15 heteroatoms. The van der Waals surface area contributed by atoms with E-state index in [1.807, 2.05) is 243 Å². The van der Waals surface area contributed by atoms with Gasteiger partial charge in [-0.25, -0.2) is 0 Å². The fraction of sp³-hybridized carbons (Fsp3) is 0.300. The Morgan fingerprint density at radius 1 is 0.352 bits per heavy atom. The summed E-state index contributed by atoms with van der Waals surface area (Å²) in [5, 5.41) is 28.0. The predicted octanol–water partition coefficient (Wildman–Crippen LogP) is 21.5. The zero-order valence-electron chi connectivity index (χ0n) is 62.7. The van der Waals surface area contributed by atoms with Crippen molar-refractivity contribution in [3.05, 3.63) is 268 Å². The van der Waals surface area contributed by atoms with Crippen LogP contribution in [-0.4, -0.2) is 65.0 Å². The molecule has 9 aromatic rings. The van der Waals surface area contributed by atoms with Gasteiger partial charge in [0.25, 0.3) is 0 Å². The van der Waals surface area contributed by atoms with Gasteiger partial charge in [-0.2, -0.15) is 0 Å². The molecule has 3 aliphatic carbocycles. The average Bonchev–Trinajstić information content (AvgIpc) is 1.62. The van der Waals surface area contributed by atoms with Crippen molar-refractivity contribution >= 4 is 34.7 Å². The minimum Gasteiger partial charge on any atom is -0.512 e. The molecule has 3 heterocycles. The number of carbonyl (C=O) groups is 6. The topological polar surface area (TPSA) is 202 Å². The quantitative estimate of drug-likeness (QED) is 0.0417. The molecule has 0 saturated carbocycles. The number of allylic oxidation sites excluding steroid dienone is 6. The smallest absolute Gasteiger partial charge is 0.195 e. The first-order valence-electron chi connectivity index (χ1n) is 35.1.